The van der Waals surface area contributed by atoms with E-state index in [0.717, 1.165) is 66.8 Å². The molecule has 3 aromatic heterocycles. The average molecular weight is 873 g/mol. The summed E-state index contributed by atoms with van der Waals surface area (Å²) in [5.41, 5.74) is 12.1. The van der Waals surface area contributed by atoms with E-state index >= 15 is 0 Å². The van der Waals surface area contributed by atoms with Crippen molar-refractivity contribution in [1.82, 2.24) is 14.1 Å². The van der Waals surface area contributed by atoms with Crippen molar-refractivity contribution in [2.45, 2.75) is 46.0 Å². The molecular formula is C53H44N5OPd-3. The molecule has 0 saturated heterocycles. The Bertz CT molecular complexity index is 3030. The number of benzene rings is 6. The van der Waals surface area contributed by atoms with Gasteiger partial charge in [-0.3, -0.25) is 0 Å². The first-order valence-electron chi connectivity index (χ1n) is 20.2. The third-order valence-electron chi connectivity index (χ3n) is 11.2. The van der Waals surface area contributed by atoms with E-state index < -0.39 is 0 Å². The Labute approximate surface area is 365 Å². The van der Waals surface area contributed by atoms with Gasteiger partial charge in [0.25, 0.3) is 0 Å². The number of anilines is 2. The zero-order chi connectivity index (χ0) is 40.3. The van der Waals surface area contributed by atoms with E-state index in [1.54, 1.807) is 0 Å². The minimum Gasteiger partial charge on any atom is -0.509 e. The van der Waals surface area contributed by atoms with Crippen LogP contribution >= 0.6 is 0 Å². The summed E-state index contributed by atoms with van der Waals surface area (Å²) in [5, 5.41) is 2.19. The van der Waals surface area contributed by atoms with Gasteiger partial charge in [-0.15, -0.1) is 42.7 Å². The van der Waals surface area contributed by atoms with Gasteiger partial charge < -0.3 is 23.7 Å². The predicted octanol–water partition coefficient (Wildman–Crippen LogP) is 13.5. The average Bonchev–Trinajstić information content (AvgIpc) is 3.97. The minimum atomic E-state index is 0. The molecule has 0 bridgehead atoms. The quantitative estimate of drug-likeness (QED) is 0.113. The van der Waals surface area contributed by atoms with Crippen molar-refractivity contribution < 1.29 is 25.2 Å². The van der Waals surface area contributed by atoms with E-state index in [1.807, 2.05) is 36.7 Å². The molecule has 0 spiro atoms. The summed E-state index contributed by atoms with van der Waals surface area (Å²) in [5.74, 6) is 2.29. The van der Waals surface area contributed by atoms with Crippen LogP contribution < -0.4 is 14.5 Å². The molecule has 0 saturated carbocycles. The summed E-state index contributed by atoms with van der Waals surface area (Å²) in [6, 6.07) is 58.0. The zero-order valence-electron chi connectivity index (χ0n) is 34.2. The van der Waals surface area contributed by atoms with Gasteiger partial charge in [-0.1, -0.05) is 124 Å². The van der Waals surface area contributed by atoms with Gasteiger partial charge in [-0.25, -0.2) is 4.98 Å². The Kier molecular flexibility index (Phi) is 10.2. The second-order valence-electron chi connectivity index (χ2n) is 16.5. The number of ether oxygens (including phenoxy) is 1. The summed E-state index contributed by atoms with van der Waals surface area (Å²) in [6.45, 7) is 13.3. The number of fused-ring (bicyclic) bond motifs is 5. The van der Waals surface area contributed by atoms with Gasteiger partial charge in [0.15, 0.2) is 0 Å². The molecule has 60 heavy (non-hydrogen) atoms. The Morgan fingerprint density at radius 1 is 0.633 bits per heavy atom. The molecule has 10 rings (SSSR count). The fraction of sp³-hybridized carbons (Fsp3) is 0.132. The molecule has 9 aromatic rings. The maximum Gasteiger partial charge on any atom is 0.135 e. The van der Waals surface area contributed by atoms with Crippen LogP contribution in [0.15, 0.2) is 164 Å². The molecular weight excluding hydrogens is 829 g/mol. The molecule has 7 heteroatoms. The fourth-order valence-electron chi connectivity index (χ4n) is 8.24. The third kappa shape index (κ3) is 6.98. The van der Waals surface area contributed by atoms with Gasteiger partial charge in [0, 0.05) is 66.0 Å². The molecule has 0 amide bonds. The largest absolute Gasteiger partial charge is 0.509 e. The molecule has 0 N–H and O–H groups in total. The second-order valence-corrected chi connectivity index (χ2v) is 16.5. The molecule has 0 fully saturated rings. The zero-order valence-corrected chi connectivity index (χ0v) is 35.8. The third-order valence-corrected chi connectivity index (χ3v) is 11.2. The van der Waals surface area contributed by atoms with Gasteiger partial charge in [0.2, 0.25) is 0 Å². The van der Waals surface area contributed by atoms with Crippen molar-refractivity contribution in [3.8, 4) is 34.1 Å². The molecule has 300 valence electrons. The number of pyridine rings is 1. The Morgan fingerprint density at radius 2 is 1.32 bits per heavy atom. The number of para-hydroxylation sites is 2. The molecule has 0 radical (unpaired) electrons. The van der Waals surface area contributed by atoms with Crippen LogP contribution in [-0.4, -0.2) is 14.1 Å². The van der Waals surface area contributed by atoms with Crippen LogP contribution in [0.3, 0.4) is 0 Å². The summed E-state index contributed by atoms with van der Waals surface area (Å²) in [6.07, 6.45) is 6.14. The first kappa shape index (κ1) is 39.1. The standard InChI is InChI=1S/C53H44N5O.Pd/c1-36(2)46-33-50(54-34-47(46)37-16-8-6-9-17-37)58-49-32-43(26-27-45(49)51-52(58)44-24-12-13-25-48(44)57(51)39-19-10-7-11-20-39)59-42-23-15-22-41(31-42)56-29-28-55(35-56)40-21-14-18-38(30-40)53(3,4)5;/h6-30,33-36H,1-5H3;/q-3;. The van der Waals surface area contributed by atoms with Crippen molar-refractivity contribution in [2.24, 2.45) is 0 Å². The van der Waals surface area contributed by atoms with Crippen molar-refractivity contribution in [2.75, 3.05) is 9.80 Å². The maximum atomic E-state index is 6.63. The summed E-state index contributed by atoms with van der Waals surface area (Å²) in [7, 11) is 0. The SMILES string of the molecule is CC(C)c1cc(-n2c3[c-]c(Oc4[c-]c(N5C=CN(c6cccc(C(C)(C)C)c6)[CH-]5)ccc4)ccc3c3c2c2ccccc2n3-c2ccccc2)ncc1-c1ccccc1.[Pd]. The number of hydrogen-bond donors (Lipinski definition) is 0. The first-order chi connectivity index (χ1) is 28.7. The fourth-order valence-corrected chi connectivity index (χ4v) is 8.24. The Morgan fingerprint density at radius 3 is 2.10 bits per heavy atom. The van der Waals surface area contributed by atoms with E-state index in [9.17, 15) is 0 Å². The summed E-state index contributed by atoms with van der Waals surface area (Å²) in [4.78, 5) is 9.41. The van der Waals surface area contributed by atoms with Crippen LogP contribution in [0, 0.1) is 18.8 Å². The molecule has 0 atom stereocenters. The molecule has 0 unspecified atom stereocenters. The molecule has 0 aliphatic carbocycles. The normalized spacial score (nSPS) is 12.9. The van der Waals surface area contributed by atoms with Crippen LogP contribution in [0.1, 0.15) is 51.7 Å². The van der Waals surface area contributed by atoms with Crippen molar-refractivity contribution in [1.29, 1.82) is 0 Å². The number of hydrogen-bond acceptors (Lipinski definition) is 4. The van der Waals surface area contributed by atoms with Crippen LogP contribution in [-0.2, 0) is 25.8 Å². The van der Waals surface area contributed by atoms with E-state index in [2.05, 4.69) is 200 Å². The van der Waals surface area contributed by atoms with Crippen molar-refractivity contribution in [3.63, 3.8) is 0 Å². The summed E-state index contributed by atoms with van der Waals surface area (Å²) >= 11 is 0. The molecule has 4 heterocycles. The van der Waals surface area contributed by atoms with Gasteiger partial charge in [0.05, 0.1) is 11.0 Å². The van der Waals surface area contributed by atoms with Gasteiger partial charge >= 0.3 is 0 Å². The predicted molar refractivity (Wildman–Crippen MR) is 243 cm³/mol. The molecule has 6 aromatic carbocycles. The number of rotatable bonds is 8. The van der Waals surface area contributed by atoms with E-state index in [-0.39, 0.29) is 31.8 Å². The van der Waals surface area contributed by atoms with Crippen molar-refractivity contribution >= 4 is 44.2 Å². The van der Waals surface area contributed by atoms with E-state index in [1.165, 1.54) is 11.1 Å². The summed E-state index contributed by atoms with van der Waals surface area (Å²) < 4.78 is 11.3. The Hall–Kier alpha value is -6.39. The first-order valence-corrected chi connectivity index (χ1v) is 20.2. The van der Waals surface area contributed by atoms with Crippen LogP contribution in [0.25, 0.3) is 55.5 Å². The number of nitrogens with zero attached hydrogens (tertiary/aromatic N) is 5. The van der Waals surface area contributed by atoms with Gasteiger partial charge in [-0.2, -0.15) is 12.1 Å². The molecule has 1 aliphatic heterocycles. The molecule has 6 nitrogen and oxygen atoms in total. The van der Waals surface area contributed by atoms with Crippen molar-refractivity contribution in [3.05, 3.63) is 194 Å². The van der Waals surface area contributed by atoms with E-state index in [0.29, 0.717) is 11.5 Å². The minimum absolute atomic E-state index is 0. The second kappa shape index (κ2) is 15.7. The number of aromatic nitrogens is 3. The van der Waals surface area contributed by atoms with Crippen LogP contribution in [0.5, 0.6) is 11.5 Å². The smallest absolute Gasteiger partial charge is 0.135 e. The van der Waals surface area contributed by atoms with E-state index in [4.69, 9.17) is 9.72 Å². The maximum absolute atomic E-state index is 6.63. The van der Waals surface area contributed by atoms with Gasteiger partial charge in [0.1, 0.15) is 5.82 Å². The van der Waals surface area contributed by atoms with Crippen LogP contribution in [0.2, 0.25) is 0 Å². The van der Waals surface area contributed by atoms with Gasteiger partial charge in [-0.05, 0) is 76.8 Å². The van der Waals surface area contributed by atoms with Crippen LogP contribution in [0.4, 0.5) is 11.4 Å². The molecule has 1 aliphatic rings. The monoisotopic (exact) mass is 872 g/mol. The topological polar surface area (TPSA) is 38.5 Å². The Balaban J connectivity index is 0.00000462.